The van der Waals surface area contributed by atoms with Gasteiger partial charge in [-0.2, -0.15) is 0 Å². The van der Waals surface area contributed by atoms with Crippen molar-refractivity contribution in [2.24, 2.45) is 0 Å². The molecule has 0 spiro atoms. The number of hydrogen-bond donors (Lipinski definition) is 1. The van der Waals surface area contributed by atoms with E-state index in [0.717, 1.165) is 38.5 Å². The molecule has 2 heterocycles. The number of pyridine rings is 1. The molecule has 163 valence electrons. The number of fused-ring (bicyclic) bond motifs is 4. The predicted molar refractivity (Wildman–Crippen MR) is 125 cm³/mol. The van der Waals surface area contributed by atoms with Crippen LogP contribution in [0.5, 0.6) is 0 Å². The number of aliphatic hydroxyl groups is 1. The molecule has 0 aliphatic carbocycles. The molecular weight excluding hydrogens is 579 g/mol. The molecule has 0 atom stereocenters. The molecule has 0 amide bonds. The fraction of sp³-hybridized carbons (Fsp3) is 0.111. The third-order valence-corrected chi connectivity index (χ3v) is 4.94. The van der Waals surface area contributed by atoms with Gasteiger partial charge in [-0.25, -0.2) is 0 Å². The van der Waals surface area contributed by atoms with Crippen molar-refractivity contribution in [3.63, 3.8) is 0 Å². The number of benzene rings is 3. The number of allylic oxidation sites excluding steroid dienone is 2. The minimum atomic E-state index is -0.125. The van der Waals surface area contributed by atoms with Crippen molar-refractivity contribution in [1.29, 1.82) is 0 Å². The summed E-state index contributed by atoms with van der Waals surface area (Å²) in [5, 5.41) is 12.7. The van der Waals surface area contributed by atoms with E-state index in [4.69, 9.17) is 14.5 Å². The molecule has 0 saturated carbocycles. The Morgan fingerprint density at radius 2 is 1.75 bits per heavy atom. The van der Waals surface area contributed by atoms with Gasteiger partial charge in [-0.3, -0.25) is 9.78 Å². The Balaban J connectivity index is 0.000000318. The zero-order chi connectivity index (χ0) is 22.0. The van der Waals surface area contributed by atoms with Crippen LogP contribution in [-0.4, -0.2) is 15.9 Å². The molecule has 2 aromatic heterocycles. The zero-order valence-corrected chi connectivity index (χ0v) is 20.4. The Hall–Kier alpha value is -3.27. The Morgan fingerprint density at radius 1 is 1.03 bits per heavy atom. The van der Waals surface area contributed by atoms with Crippen molar-refractivity contribution < 1.29 is 34.4 Å². The van der Waals surface area contributed by atoms with E-state index in [1.165, 1.54) is 30.9 Å². The minimum absolute atomic E-state index is 0. The SMILES string of the molecule is CC(=O)/C=C(/C)O.Cc1cc2ccccc2[c-]c1-c1nc2ccccc2c2occc12.[Ir]. The minimum Gasteiger partial charge on any atom is -0.512 e. The summed E-state index contributed by atoms with van der Waals surface area (Å²) < 4.78 is 5.77. The summed E-state index contributed by atoms with van der Waals surface area (Å²) in [4.78, 5) is 14.9. The first kappa shape index (κ1) is 23.4. The van der Waals surface area contributed by atoms with Gasteiger partial charge in [-0.05, 0) is 32.0 Å². The van der Waals surface area contributed by atoms with Crippen LogP contribution in [0.3, 0.4) is 0 Å². The Morgan fingerprint density at radius 3 is 2.47 bits per heavy atom. The normalized spacial score (nSPS) is 11.2. The molecule has 1 N–H and O–H groups in total. The molecule has 3 aromatic carbocycles. The maximum absolute atomic E-state index is 10.0. The second kappa shape index (κ2) is 9.90. The van der Waals surface area contributed by atoms with Gasteiger partial charge in [0.1, 0.15) is 5.58 Å². The van der Waals surface area contributed by atoms with Crippen molar-refractivity contribution in [3.8, 4) is 11.3 Å². The van der Waals surface area contributed by atoms with Crippen molar-refractivity contribution in [2.45, 2.75) is 20.8 Å². The second-order valence-corrected chi connectivity index (χ2v) is 7.45. The van der Waals surface area contributed by atoms with E-state index in [2.05, 4.69) is 43.3 Å². The van der Waals surface area contributed by atoms with Gasteiger partial charge in [-0.15, -0.1) is 29.1 Å². The van der Waals surface area contributed by atoms with E-state index in [1.54, 1.807) is 6.26 Å². The first-order valence-corrected chi connectivity index (χ1v) is 10.00. The number of carbonyl (C=O) groups is 1. The van der Waals surface area contributed by atoms with E-state index < -0.39 is 0 Å². The monoisotopic (exact) mass is 601 g/mol. The van der Waals surface area contributed by atoms with Crippen molar-refractivity contribution in [1.82, 2.24) is 4.98 Å². The van der Waals surface area contributed by atoms with Gasteiger partial charge >= 0.3 is 0 Å². The number of ketones is 1. The van der Waals surface area contributed by atoms with Gasteiger partial charge in [0, 0.05) is 42.6 Å². The van der Waals surface area contributed by atoms with Gasteiger partial charge in [-0.1, -0.05) is 48.2 Å². The molecule has 1 radical (unpaired) electrons. The van der Waals surface area contributed by atoms with Gasteiger partial charge in [0.25, 0.3) is 0 Å². The zero-order valence-electron chi connectivity index (χ0n) is 18.0. The summed E-state index contributed by atoms with van der Waals surface area (Å²) in [5.41, 5.74) is 4.96. The summed E-state index contributed by atoms with van der Waals surface area (Å²) >= 11 is 0. The summed E-state index contributed by atoms with van der Waals surface area (Å²) in [6, 6.07) is 24.1. The van der Waals surface area contributed by atoms with Crippen LogP contribution in [0.1, 0.15) is 19.4 Å². The number of para-hydroxylation sites is 1. The molecule has 0 fully saturated rings. The van der Waals surface area contributed by atoms with Gasteiger partial charge in [0.15, 0.2) is 5.78 Å². The predicted octanol–water partition coefficient (Wildman–Crippen LogP) is 6.94. The topological polar surface area (TPSA) is 63.3 Å². The summed E-state index contributed by atoms with van der Waals surface area (Å²) in [7, 11) is 0. The number of carbonyl (C=O) groups excluding carboxylic acids is 1. The average Bonchev–Trinajstić information content (AvgIpc) is 3.22. The van der Waals surface area contributed by atoms with Crippen molar-refractivity contribution >= 4 is 38.4 Å². The molecule has 5 aromatic rings. The smallest absolute Gasteiger partial charge is 0.155 e. The molecular formula is C27H22IrNO3-. The molecule has 0 bridgehead atoms. The quantitative estimate of drug-likeness (QED) is 0.135. The molecule has 4 nitrogen and oxygen atoms in total. The second-order valence-electron chi connectivity index (χ2n) is 7.45. The van der Waals surface area contributed by atoms with E-state index >= 15 is 0 Å². The largest absolute Gasteiger partial charge is 0.512 e. The third kappa shape index (κ3) is 4.80. The number of nitrogens with zero attached hydrogens (tertiary/aromatic N) is 1. The first-order valence-electron chi connectivity index (χ1n) is 10.00. The standard InChI is InChI=1S/C22H14NO.C5H8O2.Ir/c1-14-12-15-6-2-3-7-16(15)13-19(14)21-18-10-11-24-22(18)17-8-4-5-9-20(17)23-21;1-4(6)3-5(2)7;/h2-12H,1H3;3,6H,1-2H3;/q-1;;/b;4-3-;. The number of rotatable bonds is 2. The third-order valence-electron chi connectivity index (χ3n) is 4.94. The van der Waals surface area contributed by atoms with Crippen LogP contribution < -0.4 is 0 Å². The van der Waals surface area contributed by atoms with E-state index in [1.807, 2.05) is 30.3 Å². The van der Waals surface area contributed by atoms with Gasteiger partial charge < -0.3 is 9.52 Å². The van der Waals surface area contributed by atoms with Crippen LogP contribution in [-0.2, 0) is 24.9 Å². The fourth-order valence-corrected chi connectivity index (χ4v) is 3.65. The number of aliphatic hydroxyl groups excluding tert-OH is 1. The molecule has 0 saturated heterocycles. The number of aromatic nitrogens is 1. The van der Waals surface area contributed by atoms with Crippen LogP contribution in [0.2, 0.25) is 0 Å². The Bertz CT molecular complexity index is 1450. The summed E-state index contributed by atoms with van der Waals surface area (Å²) in [5.74, 6) is -0.0625. The van der Waals surface area contributed by atoms with Crippen LogP contribution >= 0.6 is 0 Å². The Labute approximate surface area is 199 Å². The Kier molecular flexibility index (Phi) is 7.24. The van der Waals surface area contributed by atoms with Crippen molar-refractivity contribution in [3.05, 3.63) is 90.4 Å². The summed E-state index contributed by atoms with van der Waals surface area (Å²) in [6.45, 7) is 4.96. The maximum Gasteiger partial charge on any atom is 0.155 e. The molecule has 0 aliphatic heterocycles. The van der Waals surface area contributed by atoms with Crippen molar-refractivity contribution in [2.75, 3.05) is 0 Å². The van der Waals surface area contributed by atoms with Gasteiger partial charge in [0.2, 0.25) is 0 Å². The van der Waals surface area contributed by atoms with Crippen LogP contribution in [0, 0.1) is 13.0 Å². The van der Waals surface area contributed by atoms with Crippen LogP contribution in [0.15, 0.2) is 83.2 Å². The van der Waals surface area contributed by atoms with Crippen LogP contribution in [0.25, 0.3) is 43.9 Å². The average molecular weight is 601 g/mol. The van der Waals surface area contributed by atoms with E-state index in [9.17, 15) is 4.79 Å². The van der Waals surface area contributed by atoms with Crippen LogP contribution in [0.4, 0.5) is 0 Å². The number of hydrogen-bond acceptors (Lipinski definition) is 4. The molecule has 0 unspecified atom stereocenters. The first-order chi connectivity index (χ1) is 14.9. The molecule has 5 rings (SSSR count). The molecule has 32 heavy (non-hydrogen) atoms. The van der Waals surface area contributed by atoms with Gasteiger partial charge in [0.05, 0.1) is 17.5 Å². The molecule has 0 aliphatic rings. The number of furan rings is 1. The number of aryl methyl sites for hydroxylation is 1. The maximum atomic E-state index is 10.0. The fourth-order valence-electron chi connectivity index (χ4n) is 3.65. The van der Waals surface area contributed by atoms with E-state index in [0.29, 0.717) is 0 Å². The summed E-state index contributed by atoms with van der Waals surface area (Å²) in [6.07, 6.45) is 2.90. The van der Waals surface area contributed by atoms with E-state index in [-0.39, 0.29) is 31.6 Å². The molecule has 5 heteroatoms.